The highest BCUT2D eigenvalue weighted by Gasteiger charge is 2.21. The Hall–Kier alpha value is -2.45. The maximum absolute atomic E-state index is 13.8. The molecule has 0 aromatic heterocycles. The topological polar surface area (TPSA) is 84.5 Å². The largest absolute Gasteiger partial charge is 0.376 e. The third-order valence-electron chi connectivity index (χ3n) is 4.40. The van der Waals surface area contributed by atoms with E-state index in [-0.39, 0.29) is 28.2 Å². The molecule has 0 radical (unpaired) electrons. The zero-order valence-corrected chi connectivity index (χ0v) is 15.7. The molecule has 0 saturated carbocycles. The predicted octanol–water partition coefficient (Wildman–Crippen LogP) is 2.84. The molecule has 8 heteroatoms. The number of nitrogens with one attached hydrogen (secondary N) is 2. The van der Waals surface area contributed by atoms with Crippen LogP contribution in [0.5, 0.6) is 0 Å². The fraction of sp³-hybridized carbons (Fsp3) is 0.316. The van der Waals surface area contributed by atoms with Gasteiger partial charge in [0, 0.05) is 18.7 Å². The Labute approximate surface area is 157 Å². The minimum atomic E-state index is -4.03. The normalized spacial score (nSPS) is 16.9. The molecule has 0 bridgehead atoms. The van der Waals surface area contributed by atoms with Crippen LogP contribution in [0.4, 0.5) is 10.1 Å². The van der Waals surface area contributed by atoms with Crippen molar-refractivity contribution >= 4 is 21.6 Å². The quantitative estimate of drug-likeness (QED) is 0.792. The van der Waals surface area contributed by atoms with E-state index in [1.165, 1.54) is 30.3 Å². The summed E-state index contributed by atoms with van der Waals surface area (Å²) in [6, 6.07) is 9.72. The van der Waals surface area contributed by atoms with E-state index < -0.39 is 15.8 Å². The molecule has 3 rings (SSSR count). The van der Waals surface area contributed by atoms with Crippen LogP contribution in [0.15, 0.2) is 47.4 Å². The van der Waals surface area contributed by atoms with Crippen LogP contribution in [0, 0.1) is 12.7 Å². The molecule has 2 aromatic rings. The number of para-hydroxylation sites is 1. The number of rotatable bonds is 6. The fourth-order valence-corrected chi connectivity index (χ4v) is 3.96. The average Bonchev–Trinajstić information content (AvgIpc) is 3.15. The number of amides is 1. The van der Waals surface area contributed by atoms with Crippen molar-refractivity contribution in [3.63, 3.8) is 0 Å². The molecule has 1 fully saturated rings. The molecule has 2 aromatic carbocycles. The van der Waals surface area contributed by atoms with Gasteiger partial charge in [0.1, 0.15) is 5.82 Å². The lowest BCUT2D eigenvalue weighted by Crippen LogP contribution is -2.32. The van der Waals surface area contributed by atoms with Crippen LogP contribution in [-0.4, -0.2) is 33.6 Å². The van der Waals surface area contributed by atoms with Crippen molar-refractivity contribution in [1.29, 1.82) is 0 Å². The number of ether oxygens (including phenoxy) is 1. The molecule has 144 valence electrons. The standard InChI is InChI=1S/C19H21FN2O4S/c1-13-8-9-15(27(24,25)22-18-7-3-2-6-17(18)20)11-16(13)19(23)21-12-14-5-4-10-26-14/h2-3,6-9,11,14,22H,4-5,10,12H2,1H3,(H,21,23)/t14-/m0/s1. The van der Waals surface area contributed by atoms with E-state index in [1.807, 2.05) is 0 Å². The Morgan fingerprint density at radius 3 is 2.74 bits per heavy atom. The van der Waals surface area contributed by atoms with E-state index in [0.29, 0.717) is 18.7 Å². The summed E-state index contributed by atoms with van der Waals surface area (Å²) in [5.74, 6) is -1.05. The molecule has 1 heterocycles. The molecule has 1 aliphatic heterocycles. The lowest BCUT2D eigenvalue weighted by Gasteiger charge is -2.14. The fourth-order valence-electron chi connectivity index (χ4n) is 2.87. The third kappa shape index (κ3) is 4.64. The van der Waals surface area contributed by atoms with Gasteiger partial charge in [-0.2, -0.15) is 0 Å². The summed E-state index contributed by atoms with van der Waals surface area (Å²) >= 11 is 0. The second kappa shape index (κ2) is 8.06. The van der Waals surface area contributed by atoms with Crippen molar-refractivity contribution in [2.45, 2.75) is 30.8 Å². The van der Waals surface area contributed by atoms with Crippen LogP contribution >= 0.6 is 0 Å². The number of hydrogen-bond acceptors (Lipinski definition) is 4. The van der Waals surface area contributed by atoms with Crippen LogP contribution in [0.1, 0.15) is 28.8 Å². The lowest BCUT2D eigenvalue weighted by molar-refractivity contribution is 0.0857. The first-order valence-corrected chi connectivity index (χ1v) is 10.1. The van der Waals surface area contributed by atoms with Crippen LogP contribution in [-0.2, 0) is 14.8 Å². The van der Waals surface area contributed by atoms with Gasteiger partial charge in [0.15, 0.2) is 0 Å². The molecule has 1 saturated heterocycles. The zero-order chi connectivity index (χ0) is 19.4. The molecule has 1 amide bonds. The number of carbonyl (C=O) groups is 1. The minimum Gasteiger partial charge on any atom is -0.376 e. The average molecular weight is 392 g/mol. The molecule has 1 atom stereocenters. The SMILES string of the molecule is Cc1ccc(S(=O)(=O)Nc2ccccc2F)cc1C(=O)NC[C@@H]1CCCO1. The lowest BCUT2D eigenvalue weighted by atomic mass is 10.1. The number of aryl methyl sites for hydroxylation is 1. The Morgan fingerprint density at radius 1 is 1.26 bits per heavy atom. The zero-order valence-electron chi connectivity index (χ0n) is 14.9. The van der Waals surface area contributed by atoms with Crippen molar-refractivity contribution in [1.82, 2.24) is 5.32 Å². The van der Waals surface area contributed by atoms with Gasteiger partial charge in [-0.25, -0.2) is 12.8 Å². The number of carbonyl (C=O) groups excluding carboxylic acids is 1. The summed E-state index contributed by atoms with van der Waals surface area (Å²) in [5, 5.41) is 2.78. The second-order valence-electron chi connectivity index (χ2n) is 6.41. The highest BCUT2D eigenvalue weighted by molar-refractivity contribution is 7.92. The van der Waals surface area contributed by atoms with Crippen molar-refractivity contribution in [3.05, 3.63) is 59.4 Å². The molecule has 0 aliphatic carbocycles. The van der Waals surface area contributed by atoms with Crippen LogP contribution in [0.25, 0.3) is 0 Å². The van der Waals surface area contributed by atoms with E-state index in [4.69, 9.17) is 4.74 Å². The molecule has 27 heavy (non-hydrogen) atoms. The van der Waals surface area contributed by atoms with Gasteiger partial charge in [0.2, 0.25) is 0 Å². The number of sulfonamides is 1. The maximum atomic E-state index is 13.8. The van der Waals surface area contributed by atoms with Gasteiger partial charge in [-0.15, -0.1) is 0 Å². The van der Waals surface area contributed by atoms with Gasteiger partial charge >= 0.3 is 0 Å². The number of benzene rings is 2. The molecular weight excluding hydrogens is 371 g/mol. The number of anilines is 1. The monoisotopic (exact) mass is 392 g/mol. The van der Waals surface area contributed by atoms with Crippen LogP contribution in [0.2, 0.25) is 0 Å². The van der Waals surface area contributed by atoms with E-state index in [9.17, 15) is 17.6 Å². The summed E-state index contributed by atoms with van der Waals surface area (Å²) in [6.07, 6.45) is 1.85. The Morgan fingerprint density at radius 2 is 2.04 bits per heavy atom. The number of halogens is 1. The highest BCUT2D eigenvalue weighted by Crippen LogP contribution is 2.21. The van der Waals surface area contributed by atoms with Crippen molar-refractivity contribution in [3.8, 4) is 0 Å². The maximum Gasteiger partial charge on any atom is 0.262 e. The summed E-state index contributed by atoms with van der Waals surface area (Å²) in [7, 11) is -4.03. The highest BCUT2D eigenvalue weighted by atomic mass is 32.2. The summed E-state index contributed by atoms with van der Waals surface area (Å²) < 4.78 is 46.6. The van der Waals surface area contributed by atoms with E-state index >= 15 is 0 Å². The van der Waals surface area contributed by atoms with Gasteiger partial charge in [-0.1, -0.05) is 18.2 Å². The van der Waals surface area contributed by atoms with Gasteiger partial charge in [0.05, 0.1) is 16.7 Å². The van der Waals surface area contributed by atoms with Crippen LogP contribution in [0.3, 0.4) is 0 Å². The Balaban J connectivity index is 1.79. The Kier molecular flexibility index (Phi) is 5.76. The first kappa shape index (κ1) is 19.3. The predicted molar refractivity (Wildman–Crippen MR) is 99.7 cm³/mol. The molecular formula is C19H21FN2O4S. The molecule has 0 unspecified atom stereocenters. The van der Waals surface area contributed by atoms with Gasteiger partial charge in [0.25, 0.3) is 15.9 Å². The first-order valence-electron chi connectivity index (χ1n) is 8.64. The summed E-state index contributed by atoms with van der Waals surface area (Å²) in [4.78, 5) is 12.4. The molecule has 0 spiro atoms. The van der Waals surface area contributed by atoms with Crippen molar-refractivity contribution in [2.24, 2.45) is 0 Å². The second-order valence-corrected chi connectivity index (χ2v) is 8.09. The van der Waals surface area contributed by atoms with Crippen LogP contribution < -0.4 is 10.0 Å². The Bertz CT molecular complexity index is 940. The smallest absolute Gasteiger partial charge is 0.262 e. The summed E-state index contributed by atoms with van der Waals surface area (Å²) in [5.41, 5.74) is 0.747. The molecule has 2 N–H and O–H groups in total. The van der Waals surface area contributed by atoms with Crippen molar-refractivity contribution in [2.75, 3.05) is 17.9 Å². The van der Waals surface area contributed by atoms with E-state index in [0.717, 1.165) is 18.9 Å². The third-order valence-corrected chi connectivity index (χ3v) is 5.76. The number of hydrogen-bond donors (Lipinski definition) is 2. The minimum absolute atomic E-state index is 0.0103. The van der Waals surface area contributed by atoms with Gasteiger partial charge in [-0.05, 0) is 49.6 Å². The van der Waals surface area contributed by atoms with Crippen molar-refractivity contribution < 1.29 is 22.3 Å². The van der Waals surface area contributed by atoms with E-state index in [1.54, 1.807) is 13.0 Å². The van der Waals surface area contributed by atoms with E-state index in [2.05, 4.69) is 10.0 Å². The first-order chi connectivity index (χ1) is 12.9. The van der Waals surface area contributed by atoms with Gasteiger partial charge in [-0.3, -0.25) is 9.52 Å². The molecule has 1 aliphatic rings. The van der Waals surface area contributed by atoms with Gasteiger partial charge < -0.3 is 10.1 Å². The molecule has 6 nitrogen and oxygen atoms in total. The summed E-state index contributed by atoms with van der Waals surface area (Å²) in [6.45, 7) is 2.79.